The van der Waals surface area contributed by atoms with Crippen molar-refractivity contribution < 1.29 is 18.8 Å². The lowest BCUT2D eigenvalue weighted by atomic mass is 10.2. The second-order valence-corrected chi connectivity index (χ2v) is 6.98. The van der Waals surface area contributed by atoms with Gasteiger partial charge in [0.2, 0.25) is 5.82 Å². The molecular weight excluding hydrogens is 396 g/mol. The van der Waals surface area contributed by atoms with Crippen LogP contribution in [-0.2, 0) is 17.9 Å². The van der Waals surface area contributed by atoms with Gasteiger partial charge in [-0.25, -0.2) is 4.79 Å². The number of rotatable bonds is 7. The molecule has 2 heterocycles. The standard InChI is InChI=1S/C23H22N4O4/c1-15-21(16(2)27(25-15)13-17-9-5-4-6-10-17)23(28)30-14-20-24-22(26-31-20)18-11-7-8-12-19(18)29-3/h4-12H,13-14H2,1-3H3. The molecule has 158 valence electrons. The highest BCUT2D eigenvalue weighted by Crippen LogP contribution is 2.27. The van der Waals surface area contributed by atoms with E-state index in [1.165, 1.54) is 0 Å². The van der Waals surface area contributed by atoms with Gasteiger partial charge in [-0.2, -0.15) is 10.1 Å². The molecule has 0 saturated carbocycles. The molecule has 0 aliphatic heterocycles. The smallest absolute Gasteiger partial charge is 0.342 e. The Morgan fingerprint density at radius 3 is 2.58 bits per heavy atom. The van der Waals surface area contributed by atoms with Gasteiger partial charge in [0, 0.05) is 0 Å². The maximum atomic E-state index is 12.7. The third kappa shape index (κ3) is 4.32. The summed E-state index contributed by atoms with van der Waals surface area (Å²) in [4.78, 5) is 17.0. The average Bonchev–Trinajstić information content (AvgIpc) is 3.37. The lowest BCUT2D eigenvalue weighted by Crippen LogP contribution is -2.09. The monoisotopic (exact) mass is 418 g/mol. The predicted octanol–water partition coefficient (Wildman–Crippen LogP) is 3.96. The summed E-state index contributed by atoms with van der Waals surface area (Å²) in [6, 6.07) is 17.3. The first-order chi connectivity index (χ1) is 15.1. The molecule has 8 nitrogen and oxygen atoms in total. The number of aryl methyl sites for hydroxylation is 1. The maximum Gasteiger partial charge on any atom is 0.342 e. The van der Waals surface area contributed by atoms with Gasteiger partial charge in [-0.05, 0) is 31.5 Å². The van der Waals surface area contributed by atoms with Crippen molar-refractivity contribution in [3.63, 3.8) is 0 Å². The Hall–Kier alpha value is -3.94. The van der Waals surface area contributed by atoms with E-state index in [1.54, 1.807) is 18.7 Å². The van der Waals surface area contributed by atoms with E-state index >= 15 is 0 Å². The summed E-state index contributed by atoms with van der Waals surface area (Å²) in [6.07, 6.45) is 0. The number of nitrogens with zero attached hydrogens (tertiary/aromatic N) is 4. The highest BCUT2D eigenvalue weighted by Gasteiger charge is 2.21. The van der Waals surface area contributed by atoms with E-state index in [0.29, 0.717) is 34.9 Å². The van der Waals surface area contributed by atoms with E-state index in [-0.39, 0.29) is 12.5 Å². The van der Waals surface area contributed by atoms with E-state index < -0.39 is 5.97 Å². The number of hydrogen-bond donors (Lipinski definition) is 0. The Morgan fingerprint density at radius 2 is 1.81 bits per heavy atom. The second-order valence-electron chi connectivity index (χ2n) is 6.98. The first-order valence-electron chi connectivity index (χ1n) is 9.78. The molecule has 0 atom stereocenters. The summed E-state index contributed by atoms with van der Waals surface area (Å²) in [7, 11) is 1.57. The van der Waals surface area contributed by atoms with E-state index in [4.69, 9.17) is 14.0 Å². The minimum atomic E-state index is -0.480. The molecule has 31 heavy (non-hydrogen) atoms. The SMILES string of the molecule is COc1ccccc1-c1noc(COC(=O)c2c(C)nn(Cc3ccccc3)c2C)n1. The number of aromatic nitrogens is 4. The summed E-state index contributed by atoms with van der Waals surface area (Å²) < 4.78 is 17.8. The normalized spacial score (nSPS) is 10.8. The number of methoxy groups -OCH3 is 1. The number of carbonyl (C=O) groups excluding carboxylic acids is 1. The summed E-state index contributed by atoms with van der Waals surface area (Å²) in [5.74, 6) is 0.711. The largest absolute Gasteiger partial charge is 0.496 e. The van der Waals surface area contributed by atoms with Gasteiger partial charge in [0.25, 0.3) is 5.89 Å². The third-order valence-corrected chi connectivity index (χ3v) is 4.90. The maximum absolute atomic E-state index is 12.7. The van der Waals surface area contributed by atoms with Gasteiger partial charge in [-0.3, -0.25) is 4.68 Å². The van der Waals surface area contributed by atoms with Crippen LogP contribution in [0.2, 0.25) is 0 Å². The van der Waals surface area contributed by atoms with Gasteiger partial charge < -0.3 is 14.0 Å². The highest BCUT2D eigenvalue weighted by molar-refractivity contribution is 5.91. The third-order valence-electron chi connectivity index (χ3n) is 4.90. The van der Waals surface area contributed by atoms with Gasteiger partial charge >= 0.3 is 5.97 Å². The fraction of sp³-hybridized carbons (Fsp3) is 0.217. The molecule has 0 unspecified atom stereocenters. The van der Waals surface area contributed by atoms with Crippen molar-refractivity contribution in [1.29, 1.82) is 0 Å². The van der Waals surface area contributed by atoms with E-state index in [2.05, 4.69) is 15.2 Å². The molecule has 0 spiro atoms. The zero-order valence-electron chi connectivity index (χ0n) is 17.5. The topological polar surface area (TPSA) is 92.3 Å². The summed E-state index contributed by atoms with van der Waals surface area (Å²) in [6.45, 7) is 4.08. The zero-order valence-corrected chi connectivity index (χ0v) is 17.5. The number of ether oxygens (including phenoxy) is 2. The lowest BCUT2D eigenvalue weighted by Gasteiger charge is -2.05. The van der Waals surface area contributed by atoms with Crippen LogP contribution in [0.3, 0.4) is 0 Å². The molecule has 0 radical (unpaired) electrons. The van der Waals surface area contributed by atoms with Crippen LogP contribution in [-0.4, -0.2) is 33.0 Å². The van der Waals surface area contributed by atoms with Crippen LogP contribution in [0, 0.1) is 13.8 Å². The lowest BCUT2D eigenvalue weighted by molar-refractivity contribution is 0.0428. The van der Waals surface area contributed by atoms with Crippen molar-refractivity contribution >= 4 is 5.97 Å². The van der Waals surface area contributed by atoms with Gasteiger partial charge in [0.15, 0.2) is 6.61 Å². The molecule has 0 fully saturated rings. The Morgan fingerprint density at radius 1 is 1.06 bits per heavy atom. The quantitative estimate of drug-likeness (QED) is 0.419. The molecule has 0 saturated heterocycles. The van der Waals surface area contributed by atoms with Gasteiger partial charge in [0.05, 0.1) is 30.6 Å². The van der Waals surface area contributed by atoms with Gasteiger partial charge in [-0.1, -0.05) is 47.6 Å². The van der Waals surface area contributed by atoms with E-state index in [1.807, 2.05) is 61.5 Å². The predicted molar refractivity (Wildman–Crippen MR) is 113 cm³/mol. The minimum Gasteiger partial charge on any atom is -0.496 e. The van der Waals surface area contributed by atoms with Crippen molar-refractivity contribution in [3.05, 3.63) is 83.0 Å². The average molecular weight is 418 g/mol. The molecule has 4 aromatic rings. The van der Waals surface area contributed by atoms with Crippen LogP contribution >= 0.6 is 0 Å². The van der Waals surface area contributed by atoms with Crippen molar-refractivity contribution in [2.45, 2.75) is 27.0 Å². The molecule has 2 aromatic heterocycles. The van der Waals surface area contributed by atoms with Crippen LogP contribution in [0.25, 0.3) is 11.4 Å². The second kappa shape index (κ2) is 8.83. The number of hydrogen-bond acceptors (Lipinski definition) is 7. The Kier molecular flexibility index (Phi) is 5.79. The van der Waals surface area contributed by atoms with Crippen molar-refractivity contribution in [3.8, 4) is 17.1 Å². The fourth-order valence-electron chi connectivity index (χ4n) is 3.35. The summed E-state index contributed by atoms with van der Waals surface area (Å²) in [5.41, 5.74) is 3.59. The molecule has 0 aliphatic rings. The molecule has 0 N–H and O–H groups in total. The van der Waals surface area contributed by atoms with E-state index in [0.717, 1.165) is 11.3 Å². The highest BCUT2D eigenvalue weighted by atomic mass is 16.6. The Balaban J connectivity index is 1.46. The zero-order chi connectivity index (χ0) is 21.8. The first-order valence-corrected chi connectivity index (χ1v) is 9.78. The minimum absolute atomic E-state index is 0.135. The van der Waals surface area contributed by atoms with Crippen molar-refractivity contribution in [2.24, 2.45) is 0 Å². The summed E-state index contributed by atoms with van der Waals surface area (Å²) >= 11 is 0. The Bertz CT molecular complexity index is 1200. The molecule has 2 aromatic carbocycles. The van der Waals surface area contributed by atoms with Gasteiger partial charge in [-0.15, -0.1) is 0 Å². The summed E-state index contributed by atoms with van der Waals surface area (Å²) in [5, 5.41) is 8.45. The van der Waals surface area contributed by atoms with Crippen LogP contribution in [0.4, 0.5) is 0 Å². The first kappa shape index (κ1) is 20.3. The number of esters is 1. The number of carbonyl (C=O) groups is 1. The van der Waals surface area contributed by atoms with Crippen LogP contribution in [0.5, 0.6) is 5.75 Å². The number of benzene rings is 2. The fourth-order valence-corrected chi connectivity index (χ4v) is 3.35. The Labute approximate surface area is 179 Å². The number of para-hydroxylation sites is 1. The van der Waals surface area contributed by atoms with Crippen LogP contribution in [0.1, 0.15) is 33.2 Å². The molecule has 4 rings (SSSR count). The molecular formula is C23H22N4O4. The van der Waals surface area contributed by atoms with Crippen LogP contribution in [0.15, 0.2) is 59.1 Å². The van der Waals surface area contributed by atoms with Crippen molar-refractivity contribution in [1.82, 2.24) is 19.9 Å². The van der Waals surface area contributed by atoms with Crippen LogP contribution < -0.4 is 4.74 Å². The molecule has 0 amide bonds. The molecule has 8 heteroatoms. The molecule has 0 aliphatic carbocycles. The van der Waals surface area contributed by atoms with Crippen molar-refractivity contribution in [2.75, 3.05) is 7.11 Å². The van der Waals surface area contributed by atoms with E-state index in [9.17, 15) is 4.79 Å². The van der Waals surface area contributed by atoms with Gasteiger partial charge in [0.1, 0.15) is 11.3 Å². The molecule has 0 bridgehead atoms.